The van der Waals surface area contributed by atoms with Crippen molar-refractivity contribution in [3.8, 4) is 0 Å². The summed E-state index contributed by atoms with van der Waals surface area (Å²) in [5.74, 6) is 0.402. The largest absolute Gasteiger partial charge is 0.396 e. The highest BCUT2D eigenvalue weighted by Gasteiger charge is 2.31. The van der Waals surface area contributed by atoms with Gasteiger partial charge in [-0.3, -0.25) is 9.69 Å². The van der Waals surface area contributed by atoms with Crippen molar-refractivity contribution in [1.29, 1.82) is 0 Å². The summed E-state index contributed by atoms with van der Waals surface area (Å²) in [7, 11) is 0. The lowest BCUT2D eigenvalue weighted by Gasteiger charge is -2.17. The number of hydrogen-bond acceptors (Lipinski definition) is 4. The Hall–Kier alpha value is -1.14. The Morgan fingerprint density at radius 2 is 2.38 bits per heavy atom. The molecule has 1 saturated heterocycles. The van der Waals surface area contributed by atoms with Crippen molar-refractivity contribution in [3.05, 3.63) is 16.7 Å². The molecule has 1 aliphatic rings. The van der Waals surface area contributed by atoms with Gasteiger partial charge in [0.05, 0.1) is 5.69 Å². The summed E-state index contributed by atoms with van der Waals surface area (Å²) in [4.78, 5) is 17.4. The summed E-state index contributed by atoms with van der Waals surface area (Å²) in [6.45, 7) is 0.485. The van der Waals surface area contributed by atoms with Gasteiger partial charge in [0, 0.05) is 25.5 Å². The molecule has 2 heterocycles. The molecular weight excluding hydrogens is 274 g/mol. The van der Waals surface area contributed by atoms with E-state index in [0.717, 1.165) is 0 Å². The number of nitrogens with two attached hydrogens (primary N) is 1. The van der Waals surface area contributed by atoms with Crippen LogP contribution in [0.3, 0.4) is 0 Å². The van der Waals surface area contributed by atoms with Crippen molar-refractivity contribution in [2.24, 2.45) is 5.92 Å². The summed E-state index contributed by atoms with van der Waals surface area (Å²) in [6.07, 6.45) is 0.351. The van der Waals surface area contributed by atoms with E-state index in [9.17, 15) is 4.79 Å². The number of amides is 1. The first-order chi connectivity index (χ1) is 7.61. The van der Waals surface area contributed by atoms with Crippen molar-refractivity contribution in [2.75, 3.05) is 23.8 Å². The van der Waals surface area contributed by atoms with E-state index >= 15 is 0 Å². The van der Waals surface area contributed by atoms with Crippen LogP contribution in [0.25, 0.3) is 0 Å². The number of anilines is 2. The fraction of sp³-hybridized carbons (Fsp3) is 0.400. The van der Waals surface area contributed by atoms with E-state index in [1.54, 1.807) is 12.1 Å². The zero-order valence-electron chi connectivity index (χ0n) is 8.56. The average molecular weight is 286 g/mol. The third kappa shape index (κ3) is 2.03. The van der Waals surface area contributed by atoms with Gasteiger partial charge in [0.25, 0.3) is 0 Å². The van der Waals surface area contributed by atoms with Gasteiger partial charge in [-0.25, -0.2) is 4.98 Å². The van der Waals surface area contributed by atoms with Crippen LogP contribution in [0.1, 0.15) is 6.42 Å². The van der Waals surface area contributed by atoms with Crippen LogP contribution in [0.15, 0.2) is 16.7 Å². The fourth-order valence-corrected chi connectivity index (χ4v) is 2.06. The first kappa shape index (κ1) is 11.3. The van der Waals surface area contributed by atoms with Crippen molar-refractivity contribution in [3.63, 3.8) is 0 Å². The van der Waals surface area contributed by atoms with Crippen molar-refractivity contribution in [2.45, 2.75) is 6.42 Å². The molecule has 1 aromatic rings. The van der Waals surface area contributed by atoms with Crippen LogP contribution < -0.4 is 10.6 Å². The molecule has 0 aromatic carbocycles. The smallest absolute Gasteiger partial charge is 0.228 e. The number of nitrogens with zero attached hydrogens (tertiary/aromatic N) is 2. The molecule has 1 aromatic heterocycles. The van der Waals surface area contributed by atoms with Gasteiger partial charge in [0.15, 0.2) is 5.82 Å². The molecule has 5 nitrogen and oxygen atoms in total. The molecular formula is C10H12BrN3O2. The average Bonchev–Trinajstić information content (AvgIpc) is 2.63. The van der Waals surface area contributed by atoms with E-state index in [1.807, 2.05) is 0 Å². The van der Waals surface area contributed by atoms with Gasteiger partial charge in [0.1, 0.15) is 4.60 Å². The second-order valence-corrected chi connectivity index (χ2v) is 4.62. The number of halogens is 1. The molecule has 0 bridgehead atoms. The van der Waals surface area contributed by atoms with Crippen molar-refractivity contribution >= 4 is 33.3 Å². The van der Waals surface area contributed by atoms with Crippen LogP contribution in [-0.4, -0.2) is 29.1 Å². The Labute approximate surface area is 101 Å². The number of aliphatic hydroxyl groups excluding tert-OH is 1. The highest BCUT2D eigenvalue weighted by Crippen LogP contribution is 2.28. The van der Waals surface area contributed by atoms with Crippen LogP contribution in [0.4, 0.5) is 11.5 Å². The monoisotopic (exact) mass is 285 g/mol. The Morgan fingerprint density at radius 3 is 3.00 bits per heavy atom. The van der Waals surface area contributed by atoms with E-state index < -0.39 is 0 Å². The zero-order valence-corrected chi connectivity index (χ0v) is 10.1. The van der Waals surface area contributed by atoms with Gasteiger partial charge in [-0.2, -0.15) is 0 Å². The first-order valence-electron chi connectivity index (χ1n) is 4.95. The number of aromatic nitrogens is 1. The predicted octanol–water partition coefficient (Wildman–Crippen LogP) is 0.772. The molecule has 86 valence electrons. The highest BCUT2D eigenvalue weighted by molar-refractivity contribution is 9.10. The fourth-order valence-electron chi connectivity index (χ4n) is 1.76. The normalized spacial score (nSPS) is 20.5. The number of aliphatic hydroxyl groups is 1. The molecule has 6 heteroatoms. The van der Waals surface area contributed by atoms with Crippen molar-refractivity contribution in [1.82, 2.24) is 4.98 Å². The van der Waals surface area contributed by atoms with Crippen LogP contribution in [-0.2, 0) is 4.79 Å². The minimum Gasteiger partial charge on any atom is -0.396 e. The van der Waals surface area contributed by atoms with Crippen LogP contribution in [0.2, 0.25) is 0 Å². The Morgan fingerprint density at radius 1 is 1.62 bits per heavy atom. The molecule has 0 saturated carbocycles. The summed E-state index contributed by atoms with van der Waals surface area (Å²) in [6, 6.07) is 3.43. The minimum absolute atomic E-state index is 0.0101. The number of nitrogen functional groups attached to an aromatic ring is 1. The maximum atomic E-state index is 11.7. The SMILES string of the molecule is Nc1ccc(Br)nc1N1CC(CO)CC1=O. The molecule has 16 heavy (non-hydrogen) atoms. The number of carbonyl (C=O) groups is 1. The Bertz CT molecular complexity index is 425. The van der Waals surface area contributed by atoms with E-state index in [1.165, 1.54) is 4.90 Å². The lowest BCUT2D eigenvalue weighted by Crippen LogP contribution is -2.27. The second kappa shape index (κ2) is 4.39. The van der Waals surface area contributed by atoms with Gasteiger partial charge in [-0.05, 0) is 28.1 Å². The summed E-state index contributed by atoms with van der Waals surface area (Å²) in [5.41, 5.74) is 6.25. The molecule has 2 rings (SSSR count). The van der Waals surface area contributed by atoms with Crippen molar-refractivity contribution < 1.29 is 9.90 Å². The van der Waals surface area contributed by atoms with Crippen LogP contribution >= 0.6 is 15.9 Å². The summed E-state index contributed by atoms with van der Waals surface area (Å²) < 4.78 is 0.636. The molecule has 0 radical (unpaired) electrons. The van der Waals surface area contributed by atoms with E-state index in [-0.39, 0.29) is 18.4 Å². The van der Waals surface area contributed by atoms with Crippen LogP contribution in [0.5, 0.6) is 0 Å². The topological polar surface area (TPSA) is 79.4 Å². The molecule has 1 unspecified atom stereocenters. The number of pyridine rings is 1. The summed E-state index contributed by atoms with van der Waals surface area (Å²) in [5, 5.41) is 9.03. The van der Waals surface area contributed by atoms with Gasteiger partial charge < -0.3 is 10.8 Å². The van der Waals surface area contributed by atoms with Gasteiger partial charge in [0.2, 0.25) is 5.91 Å². The Kier molecular flexibility index (Phi) is 3.11. The number of hydrogen-bond donors (Lipinski definition) is 2. The molecule has 0 spiro atoms. The number of carbonyl (C=O) groups excluding carboxylic acids is 1. The number of rotatable bonds is 2. The van der Waals surface area contributed by atoms with Gasteiger partial charge >= 0.3 is 0 Å². The van der Waals surface area contributed by atoms with Gasteiger partial charge in [-0.1, -0.05) is 0 Å². The quantitative estimate of drug-likeness (QED) is 0.787. The van der Waals surface area contributed by atoms with E-state index in [2.05, 4.69) is 20.9 Å². The standard InChI is InChI=1S/C10H12BrN3O2/c11-8-2-1-7(12)10(13-8)14-4-6(5-15)3-9(14)16/h1-2,6,15H,3-5,12H2. The van der Waals surface area contributed by atoms with E-state index in [4.69, 9.17) is 10.8 Å². The van der Waals surface area contributed by atoms with E-state index in [0.29, 0.717) is 29.1 Å². The molecule has 1 aliphatic heterocycles. The summed E-state index contributed by atoms with van der Waals surface area (Å²) >= 11 is 3.24. The molecule has 1 fully saturated rings. The Balaban J connectivity index is 2.30. The molecule has 1 atom stereocenters. The minimum atomic E-state index is -0.0450. The lowest BCUT2D eigenvalue weighted by molar-refractivity contribution is -0.117. The first-order valence-corrected chi connectivity index (χ1v) is 5.74. The van der Waals surface area contributed by atoms with Crippen LogP contribution in [0, 0.1) is 5.92 Å². The third-order valence-corrected chi connectivity index (χ3v) is 3.03. The molecule has 1 amide bonds. The molecule has 0 aliphatic carbocycles. The molecule has 3 N–H and O–H groups in total. The highest BCUT2D eigenvalue weighted by atomic mass is 79.9. The van der Waals surface area contributed by atoms with Gasteiger partial charge in [-0.15, -0.1) is 0 Å². The lowest BCUT2D eigenvalue weighted by atomic mass is 10.1. The zero-order chi connectivity index (χ0) is 11.7. The maximum Gasteiger partial charge on any atom is 0.228 e. The third-order valence-electron chi connectivity index (χ3n) is 2.59. The second-order valence-electron chi connectivity index (χ2n) is 3.80. The maximum absolute atomic E-state index is 11.7. The predicted molar refractivity (Wildman–Crippen MR) is 63.9 cm³/mol.